The molecule has 0 aliphatic heterocycles. The van der Waals surface area contributed by atoms with Crippen LogP contribution in [-0.4, -0.2) is 50.0 Å². The van der Waals surface area contributed by atoms with Gasteiger partial charge in [-0.3, -0.25) is 4.99 Å². The molecule has 5 nitrogen and oxygen atoms in total. The summed E-state index contributed by atoms with van der Waals surface area (Å²) in [5.74, 6) is 1.36. The lowest BCUT2D eigenvalue weighted by Gasteiger charge is -2.22. The topological polar surface area (TPSA) is 65.9 Å². The van der Waals surface area contributed by atoms with Gasteiger partial charge in [-0.15, -0.1) is 24.0 Å². The van der Waals surface area contributed by atoms with E-state index < -0.39 is 0 Å². The van der Waals surface area contributed by atoms with Crippen LogP contribution in [0.15, 0.2) is 4.99 Å². The molecule has 1 atom stereocenters. The fourth-order valence-electron chi connectivity index (χ4n) is 3.24. The Labute approximate surface area is 171 Å². The molecule has 1 saturated carbocycles. The van der Waals surface area contributed by atoms with Gasteiger partial charge in [0.1, 0.15) is 0 Å². The van der Waals surface area contributed by atoms with E-state index in [4.69, 9.17) is 9.84 Å². The second kappa shape index (κ2) is 17.3. The molecule has 0 amide bonds. The molecule has 150 valence electrons. The van der Waals surface area contributed by atoms with E-state index in [0.29, 0.717) is 12.0 Å². The molecule has 25 heavy (non-hydrogen) atoms. The lowest BCUT2D eigenvalue weighted by atomic mass is 9.98. The van der Waals surface area contributed by atoms with Crippen LogP contribution in [0.1, 0.15) is 71.6 Å². The van der Waals surface area contributed by atoms with Crippen molar-refractivity contribution < 1.29 is 9.84 Å². The number of rotatable bonds is 12. The van der Waals surface area contributed by atoms with E-state index in [2.05, 4.69) is 29.5 Å². The van der Waals surface area contributed by atoms with Gasteiger partial charge in [-0.25, -0.2) is 0 Å². The predicted octanol–water partition coefficient (Wildman–Crippen LogP) is 3.70. The smallest absolute Gasteiger partial charge is 0.191 e. The van der Waals surface area contributed by atoms with Crippen molar-refractivity contribution in [2.75, 3.05) is 32.8 Å². The number of nitrogens with zero attached hydrogens (tertiary/aromatic N) is 1. The van der Waals surface area contributed by atoms with Crippen LogP contribution in [0.25, 0.3) is 0 Å². The van der Waals surface area contributed by atoms with Crippen LogP contribution in [0, 0.1) is 5.92 Å². The van der Waals surface area contributed by atoms with Gasteiger partial charge in [0, 0.05) is 32.8 Å². The Morgan fingerprint density at radius 1 is 1.16 bits per heavy atom. The maximum atomic E-state index is 9.15. The van der Waals surface area contributed by atoms with E-state index in [-0.39, 0.29) is 30.6 Å². The highest BCUT2D eigenvalue weighted by Crippen LogP contribution is 2.20. The van der Waals surface area contributed by atoms with Gasteiger partial charge in [0.15, 0.2) is 5.96 Å². The van der Waals surface area contributed by atoms with Gasteiger partial charge in [-0.05, 0) is 44.9 Å². The first-order valence-electron chi connectivity index (χ1n) is 10.0. The van der Waals surface area contributed by atoms with Crippen LogP contribution in [0.5, 0.6) is 0 Å². The largest absolute Gasteiger partial charge is 0.396 e. The summed E-state index contributed by atoms with van der Waals surface area (Å²) in [4.78, 5) is 4.68. The van der Waals surface area contributed by atoms with Crippen molar-refractivity contribution in [3.63, 3.8) is 0 Å². The first-order chi connectivity index (χ1) is 11.8. The van der Waals surface area contributed by atoms with Crippen LogP contribution in [-0.2, 0) is 4.74 Å². The number of aliphatic imine (C=N–C) groups is 1. The quantitative estimate of drug-likeness (QED) is 0.177. The molecule has 1 aliphatic rings. The fourth-order valence-corrected chi connectivity index (χ4v) is 3.24. The second-order valence-corrected chi connectivity index (χ2v) is 6.80. The highest BCUT2D eigenvalue weighted by atomic mass is 127. The number of hydrogen-bond donors (Lipinski definition) is 3. The molecule has 1 fully saturated rings. The first-order valence-corrected chi connectivity index (χ1v) is 10.0. The average molecular weight is 469 g/mol. The Morgan fingerprint density at radius 2 is 1.92 bits per heavy atom. The lowest BCUT2D eigenvalue weighted by molar-refractivity contribution is 0.0277. The SMILES string of the molecule is CCCC(CCO)CN=C(NCC)NCCCOC1CCCCC1.I. The van der Waals surface area contributed by atoms with E-state index in [1.165, 1.54) is 32.1 Å². The van der Waals surface area contributed by atoms with Gasteiger partial charge in [0.05, 0.1) is 6.10 Å². The molecule has 1 unspecified atom stereocenters. The molecule has 0 aromatic carbocycles. The highest BCUT2D eigenvalue weighted by Gasteiger charge is 2.13. The highest BCUT2D eigenvalue weighted by molar-refractivity contribution is 14.0. The molecule has 6 heteroatoms. The van der Waals surface area contributed by atoms with Crippen molar-refractivity contribution in [1.29, 1.82) is 0 Å². The molecule has 0 spiro atoms. The zero-order chi connectivity index (χ0) is 17.5. The molecule has 0 aromatic heterocycles. The lowest BCUT2D eigenvalue weighted by Crippen LogP contribution is -2.38. The van der Waals surface area contributed by atoms with Crippen molar-refractivity contribution >= 4 is 29.9 Å². The third-order valence-corrected chi connectivity index (χ3v) is 4.61. The molecule has 0 bridgehead atoms. The zero-order valence-corrected chi connectivity index (χ0v) is 18.6. The van der Waals surface area contributed by atoms with Crippen molar-refractivity contribution in [3.8, 4) is 0 Å². The normalized spacial score (nSPS) is 17.0. The number of aliphatic hydroxyl groups excluding tert-OH is 1. The van der Waals surface area contributed by atoms with Crippen molar-refractivity contribution in [2.24, 2.45) is 10.9 Å². The molecule has 0 aromatic rings. The Hall–Kier alpha value is -0.0800. The van der Waals surface area contributed by atoms with Gasteiger partial charge in [0.2, 0.25) is 0 Å². The Balaban J connectivity index is 0.00000576. The molecular formula is C19H40IN3O2. The van der Waals surface area contributed by atoms with E-state index in [9.17, 15) is 0 Å². The number of hydrogen-bond acceptors (Lipinski definition) is 3. The van der Waals surface area contributed by atoms with E-state index in [1.807, 2.05) is 0 Å². The Bertz CT molecular complexity index is 318. The molecule has 0 radical (unpaired) electrons. The summed E-state index contributed by atoms with van der Waals surface area (Å²) in [5.41, 5.74) is 0. The van der Waals surface area contributed by atoms with Crippen molar-refractivity contribution in [3.05, 3.63) is 0 Å². The number of nitrogens with one attached hydrogen (secondary N) is 2. The van der Waals surface area contributed by atoms with Crippen LogP contribution < -0.4 is 10.6 Å². The van der Waals surface area contributed by atoms with Crippen LogP contribution >= 0.6 is 24.0 Å². The van der Waals surface area contributed by atoms with Crippen molar-refractivity contribution in [2.45, 2.75) is 77.7 Å². The summed E-state index contributed by atoms with van der Waals surface area (Å²) >= 11 is 0. The molecule has 0 saturated heterocycles. The zero-order valence-electron chi connectivity index (χ0n) is 16.3. The van der Waals surface area contributed by atoms with Gasteiger partial charge in [0.25, 0.3) is 0 Å². The van der Waals surface area contributed by atoms with E-state index in [0.717, 1.165) is 57.9 Å². The Morgan fingerprint density at radius 3 is 2.56 bits per heavy atom. The van der Waals surface area contributed by atoms with Crippen LogP contribution in [0.3, 0.4) is 0 Å². The minimum atomic E-state index is 0. The molecule has 1 rings (SSSR count). The van der Waals surface area contributed by atoms with Gasteiger partial charge < -0.3 is 20.5 Å². The monoisotopic (exact) mass is 469 g/mol. The summed E-state index contributed by atoms with van der Waals surface area (Å²) in [5, 5.41) is 15.8. The van der Waals surface area contributed by atoms with Crippen LogP contribution in [0.4, 0.5) is 0 Å². The minimum absolute atomic E-state index is 0. The minimum Gasteiger partial charge on any atom is -0.396 e. The van der Waals surface area contributed by atoms with E-state index >= 15 is 0 Å². The van der Waals surface area contributed by atoms with Gasteiger partial charge in [-0.1, -0.05) is 32.6 Å². The maximum absolute atomic E-state index is 9.15. The first kappa shape index (κ1) is 24.9. The summed E-state index contributed by atoms with van der Waals surface area (Å²) in [6, 6.07) is 0. The molecule has 1 aliphatic carbocycles. The number of aliphatic hydroxyl groups is 1. The van der Waals surface area contributed by atoms with Crippen LogP contribution in [0.2, 0.25) is 0 Å². The average Bonchev–Trinajstić information content (AvgIpc) is 2.60. The molecular weight excluding hydrogens is 429 g/mol. The summed E-state index contributed by atoms with van der Waals surface area (Å²) in [6.07, 6.45) is 11.1. The molecule has 0 heterocycles. The summed E-state index contributed by atoms with van der Waals surface area (Å²) in [7, 11) is 0. The van der Waals surface area contributed by atoms with Crippen molar-refractivity contribution in [1.82, 2.24) is 10.6 Å². The Kier molecular flexibility index (Phi) is 17.3. The van der Waals surface area contributed by atoms with Gasteiger partial charge in [-0.2, -0.15) is 0 Å². The van der Waals surface area contributed by atoms with E-state index in [1.54, 1.807) is 0 Å². The number of ether oxygens (including phenoxy) is 1. The second-order valence-electron chi connectivity index (χ2n) is 6.80. The maximum Gasteiger partial charge on any atom is 0.191 e. The third kappa shape index (κ3) is 12.8. The number of halogens is 1. The summed E-state index contributed by atoms with van der Waals surface area (Å²) < 4.78 is 5.96. The fraction of sp³-hybridized carbons (Fsp3) is 0.947. The van der Waals surface area contributed by atoms with Gasteiger partial charge >= 0.3 is 0 Å². The molecule has 3 N–H and O–H groups in total. The standard InChI is InChI=1S/C19H39N3O2.HI/c1-3-9-17(12-14-23)16-22-19(20-4-2)21-13-8-15-24-18-10-6-5-7-11-18;/h17-18,23H,3-16H2,1-2H3,(H2,20,21,22);1H. The third-order valence-electron chi connectivity index (χ3n) is 4.61. The summed E-state index contributed by atoms with van der Waals surface area (Å²) in [6.45, 7) is 7.88. The predicted molar refractivity (Wildman–Crippen MR) is 117 cm³/mol. The number of guanidine groups is 1.